The standard InChI is InChI=1S/C6H16B.C2HF3O2.Li/c1-4-7(5-2)6-3;3-2(4,5)1(6)7;/h7H,4-6H2,1-3H3;(H,6,7);/q-1;;+1. The maximum absolute atomic E-state index is 10.6. The molecule has 0 saturated heterocycles. The Kier molecular flexibility index (Phi) is 14.2. The van der Waals surface area contributed by atoms with Gasteiger partial charge in [-0.05, 0) is 6.71 Å². The molecule has 0 fully saturated rings. The van der Waals surface area contributed by atoms with Crippen molar-refractivity contribution < 1.29 is 41.9 Å². The molecule has 0 aromatic rings. The van der Waals surface area contributed by atoms with Crippen LogP contribution in [0.4, 0.5) is 13.2 Å². The molecule has 0 aliphatic rings. The first kappa shape index (κ1) is 20.3. The predicted molar refractivity (Wildman–Crippen MR) is 52.3 cm³/mol. The van der Waals surface area contributed by atoms with E-state index in [0.717, 1.165) is 0 Å². The molecule has 1 N–H and O–H groups in total. The maximum Gasteiger partial charge on any atom is 1.00 e. The second kappa shape index (κ2) is 10.4. The second-order valence-corrected chi connectivity index (χ2v) is 3.36. The maximum atomic E-state index is 10.6. The van der Waals surface area contributed by atoms with Gasteiger partial charge in [0.15, 0.2) is 0 Å². The molecule has 0 aliphatic heterocycles. The molecule has 2 nitrogen and oxygen atoms in total. The molecule has 7 heteroatoms. The molecule has 86 valence electrons. The average molecular weight is 220 g/mol. The zero-order chi connectivity index (χ0) is 11.8. The van der Waals surface area contributed by atoms with Crippen molar-refractivity contribution in [2.45, 2.75) is 45.9 Å². The van der Waals surface area contributed by atoms with Crippen LogP contribution in [0.1, 0.15) is 20.8 Å². The van der Waals surface area contributed by atoms with Crippen molar-refractivity contribution in [2.75, 3.05) is 0 Å². The van der Waals surface area contributed by atoms with Crippen molar-refractivity contribution in [2.24, 2.45) is 0 Å². The van der Waals surface area contributed by atoms with Gasteiger partial charge in [-0.15, -0.1) is 0 Å². The van der Waals surface area contributed by atoms with Gasteiger partial charge in [-0.2, -0.15) is 32.1 Å². The van der Waals surface area contributed by atoms with E-state index in [4.69, 9.17) is 9.90 Å². The molecule has 0 unspecified atom stereocenters. The summed E-state index contributed by atoms with van der Waals surface area (Å²) in [5.74, 6) is -2.76. The molecule has 0 atom stereocenters. The van der Waals surface area contributed by atoms with E-state index in [1.165, 1.54) is 19.0 Å². The smallest absolute Gasteiger partial charge is 0.475 e. The summed E-state index contributed by atoms with van der Waals surface area (Å²) in [6.45, 7) is 7.19. The van der Waals surface area contributed by atoms with Crippen LogP contribution in [-0.4, -0.2) is 24.0 Å². The Balaban J connectivity index is -0.000000180. The van der Waals surface area contributed by atoms with Crippen molar-refractivity contribution in [1.29, 1.82) is 0 Å². The molecule has 0 aromatic carbocycles. The predicted octanol–water partition coefficient (Wildman–Crippen LogP) is -0.0895. The summed E-state index contributed by atoms with van der Waals surface area (Å²) in [6.07, 6.45) is -0.771. The van der Waals surface area contributed by atoms with Crippen LogP contribution in [0.2, 0.25) is 19.0 Å². The van der Waals surface area contributed by atoms with Gasteiger partial charge in [0.1, 0.15) is 0 Å². The monoisotopic (exact) mass is 220 g/mol. The van der Waals surface area contributed by atoms with Gasteiger partial charge < -0.3 is 5.11 Å². The summed E-state index contributed by atoms with van der Waals surface area (Å²) in [4.78, 5) is 8.90. The van der Waals surface area contributed by atoms with Crippen molar-refractivity contribution in [3.63, 3.8) is 0 Å². The number of halogens is 3. The third-order valence-electron chi connectivity index (χ3n) is 2.36. The van der Waals surface area contributed by atoms with Gasteiger partial charge in [0, 0.05) is 0 Å². The second-order valence-electron chi connectivity index (χ2n) is 3.36. The topological polar surface area (TPSA) is 37.3 Å². The summed E-state index contributed by atoms with van der Waals surface area (Å²) in [5.41, 5.74) is 0. The largest absolute Gasteiger partial charge is 1.00 e. The molecule has 0 heterocycles. The van der Waals surface area contributed by atoms with Crippen LogP contribution in [0.15, 0.2) is 0 Å². The minimum Gasteiger partial charge on any atom is -0.475 e. The third kappa shape index (κ3) is 13.9. The molecule has 0 aromatic heterocycles. The van der Waals surface area contributed by atoms with Crippen LogP contribution in [0.25, 0.3) is 0 Å². The first-order valence-corrected chi connectivity index (χ1v) is 4.87. The fourth-order valence-corrected chi connectivity index (χ4v) is 1.06. The Morgan fingerprint density at radius 1 is 1.13 bits per heavy atom. The minimum atomic E-state index is -5.08. The molecule has 15 heavy (non-hydrogen) atoms. The Bertz CT molecular complexity index is 155. The van der Waals surface area contributed by atoms with Crippen molar-refractivity contribution in [3.05, 3.63) is 0 Å². The van der Waals surface area contributed by atoms with Crippen LogP contribution < -0.4 is 18.9 Å². The summed E-state index contributed by atoms with van der Waals surface area (Å²) in [7, 11) is 0. The molecule has 0 radical (unpaired) electrons. The van der Waals surface area contributed by atoms with Gasteiger partial charge in [-0.1, -0.05) is 20.8 Å². The van der Waals surface area contributed by atoms with Gasteiger partial charge in [0.2, 0.25) is 0 Å². The van der Waals surface area contributed by atoms with E-state index in [2.05, 4.69) is 20.8 Å². The molecule has 0 bridgehead atoms. The van der Waals surface area contributed by atoms with E-state index in [1.54, 1.807) is 0 Å². The number of hydrogen-bond acceptors (Lipinski definition) is 1. The van der Waals surface area contributed by atoms with Crippen molar-refractivity contribution in [1.82, 2.24) is 0 Å². The molecule has 0 aliphatic carbocycles. The van der Waals surface area contributed by atoms with E-state index in [1.807, 2.05) is 0 Å². The van der Waals surface area contributed by atoms with Gasteiger partial charge in [0.25, 0.3) is 0 Å². The van der Waals surface area contributed by atoms with E-state index in [9.17, 15) is 13.2 Å². The number of rotatable bonds is 3. The van der Waals surface area contributed by atoms with Gasteiger partial charge in [0.05, 0.1) is 0 Å². The number of carbonyl (C=O) groups is 1. The molecule has 0 spiro atoms. The quantitative estimate of drug-likeness (QED) is 0.675. The van der Waals surface area contributed by atoms with E-state index < -0.39 is 12.1 Å². The van der Waals surface area contributed by atoms with Gasteiger partial charge >= 0.3 is 31.0 Å². The summed E-state index contributed by atoms with van der Waals surface area (Å²) >= 11 is 0. The zero-order valence-electron chi connectivity index (χ0n) is 9.82. The van der Waals surface area contributed by atoms with E-state index in [-0.39, 0.29) is 18.9 Å². The van der Waals surface area contributed by atoms with Crippen LogP contribution in [0, 0.1) is 0 Å². The Hall–Kier alpha value is -0.0777. The first-order valence-electron chi connectivity index (χ1n) is 4.87. The molecular weight excluding hydrogens is 203 g/mol. The first-order chi connectivity index (χ1) is 6.29. The molecule has 0 amide bonds. The Morgan fingerprint density at radius 2 is 1.33 bits per heavy atom. The Labute approximate surface area is 101 Å². The normalized spacial score (nSPS) is 10.1. The van der Waals surface area contributed by atoms with Crippen LogP contribution >= 0.6 is 0 Å². The number of carboxylic acids is 1. The van der Waals surface area contributed by atoms with Crippen LogP contribution in [0.5, 0.6) is 0 Å². The van der Waals surface area contributed by atoms with Gasteiger partial charge in [-0.3, -0.25) is 0 Å². The number of hydrogen-bond donors (Lipinski definition) is 1. The van der Waals surface area contributed by atoms with Gasteiger partial charge in [-0.25, -0.2) is 4.79 Å². The average Bonchev–Trinajstić information content (AvgIpc) is 2.07. The van der Waals surface area contributed by atoms with E-state index in [0.29, 0.717) is 6.71 Å². The molecular formula is C8H17BF3LiO2. The summed E-state index contributed by atoms with van der Waals surface area (Å²) in [5, 5.41) is 7.12. The van der Waals surface area contributed by atoms with E-state index >= 15 is 0 Å². The fraction of sp³-hybridized carbons (Fsp3) is 0.875. The van der Waals surface area contributed by atoms with Crippen molar-refractivity contribution >= 4 is 12.7 Å². The number of aliphatic carboxylic acids is 1. The minimum absolute atomic E-state index is 0. The Morgan fingerprint density at radius 3 is 1.33 bits per heavy atom. The SMILES string of the molecule is CC[BH-](CC)CC.O=C(O)C(F)(F)F.[Li+]. The zero-order valence-corrected chi connectivity index (χ0v) is 9.82. The fourth-order valence-electron chi connectivity index (χ4n) is 1.06. The summed E-state index contributed by atoms with van der Waals surface area (Å²) in [6, 6.07) is 0. The molecule has 0 saturated carbocycles. The third-order valence-corrected chi connectivity index (χ3v) is 2.36. The van der Waals surface area contributed by atoms with Crippen LogP contribution in [-0.2, 0) is 4.79 Å². The van der Waals surface area contributed by atoms with Crippen LogP contribution in [0.3, 0.4) is 0 Å². The summed E-state index contributed by atoms with van der Waals surface area (Å²) < 4.78 is 31.7. The number of carboxylic acid groups (broad SMARTS) is 1. The number of alkyl halides is 3. The molecule has 0 rings (SSSR count). The van der Waals surface area contributed by atoms with Crippen molar-refractivity contribution in [3.8, 4) is 0 Å².